The molecule has 7 heteroatoms. The van der Waals surface area contributed by atoms with Crippen molar-refractivity contribution in [2.75, 3.05) is 37.6 Å². The average molecular weight is 449 g/mol. The van der Waals surface area contributed by atoms with Crippen molar-refractivity contribution < 1.29 is 9.59 Å². The number of nitrogens with zero attached hydrogens (tertiary/aromatic N) is 3. The zero-order valence-electron chi connectivity index (χ0n) is 18.5. The number of hydrogen-bond acceptors (Lipinski definition) is 5. The lowest BCUT2D eigenvalue weighted by Crippen LogP contribution is -2.52. The SMILES string of the molecule is CC(=O)c1ccc(N2CCN(C(=O)NCCc3ccc(-c4csc(C)n4)cc3)CC2)cc1. The minimum atomic E-state index is -0.00820. The number of rotatable bonds is 6. The molecular formula is C25H28N4O2S. The van der Waals surface area contributed by atoms with Crippen LogP contribution in [0.2, 0.25) is 0 Å². The Bertz CT molecular complexity index is 1070. The number of carbonyl (C=O) groups is 2. The second kappa shape index (κ2) is 9.96. The highest BCUT2D eigenvalue weighted by Crippen LogP contribution is 2.22. The summed E-state index contributed by atoms with van der Waals surface area (Å²) in [6.07, 6.45) is 0.796. The summed E-state index contributed by atoms with van der Waals surface area (Å²) < 4.78 is 0. The number of amides is 2. The van der Waals surface area contributed by atoms with Gasteiger partial charge in [0.15, 0.2) is 5.78 Å². The number of benzene rings is 2. The number of Topliss-reactive ketones (excluding diaryl/α,β-unsaturated/α-hetero) is 1. The first-order valence-electron chi connectivity index (χ1n) is 10.9. The Morgan fingerprint density at radius 1 is 1.00 bits per heavy atom. The van der Waals surface area contributed by atoms with Crippen LogP contribution < -0.4 is 10.2 Å². The van der Waals surface area contributed by atoms with E-state index in [1.807, 2.05) is 36.1 Å². The number of piperazine rings is 1. The molecule has 0 radical (unpaired) electrons. The number of nitrogens with one attached hydrogen (secondary N) is 1. The standard InChI is InChI=1S/C25H28N4O2S/c1-18(30)21-7-9-23(10-8-21)28-13-15-29(16-14-28)25(31)26-12-11-20-3-5-22(6-4-20)24-17-32-19(2)27-24/h3-10,17H,11-16H2,1-2H3,(H,26,31). The first-order valence-corrected chi connectivity index (χ1v) is 11.8. The van der Waals surface area contributed by atoms with Crippen LogP contribution in [0.5, 0.6) is 0 Å². The third kappa shape index (κ3) is 5.34. The third-order valence-corrected chi connectivity index (χ3v) is 6.54. The van der Waals surface area contributed by atoms with Gasteiger partial charge in [0.1, 0.15) is 0 Å². The molecule has 1 aliphatic rings. The van der Waals surface area contributed by atoms with Crippen molar-refractivity contribution in [2.24, 2.45) is 0 Å². The molecule has 166 valence electrons. The van der Waals surface area contributed by atoms with Gasteiger partial charge >= 0.3 is 6.03 Å². The number of urea groups is 1. The molecule has 1 N–H and O–H groups in total. The summed E-state index contributed by atoms with van der Waals surface area (Å²) in [7, 11) is 0. The van der Waals surface area contributed by atoms with Crippen molar-refractivity contribution >= 4 is 28.8 Å². The summed E-state index contributed by atoms with van der Waals surface area (Å²) in [5, 5.41) is 6.19. The second-order valence-electron chi connectivity index (χ2n) is 8.01. The van der Waals surface area contributed by atoms with Gasteiger partial charge in [0.05, 0.1) is 10.7 Å². The number of ketones is 1. The molecule has 0 saturated carbocycles. The summed E-state index contributed by atoms with van der Waals surface area (Å²) in [6, 6.07) is 16.1. The summed E-state index contributed by atoms with van der Waals surface area (Å²) in [5.74, 6) is 0.0727. The smallest absolute Gasteiger partial charge is 0.317 e. The van der Waals surface area contributed by atoms with E-state index in [1.54, 1.807) is 18.3 Å². The monoisotopic (exact) mass is 448 g/mol. The van der Waals surface area contributed by atoms with E-state index in [0.29, 0.717) is 19.6 Å². The Morgan fingerprint density at radius 2 is 1.69 bits per heavy atom. The molecule has 0 spiro atoms. The van der Waals surface area contributed by atoms with Gasteiger partial charge in [-0.25, -0.2) is 9.78 Å². The van der Waals surface area contributed by atoms with Gasteiger partial charge in [-0.15, -0.1) is 11.3 Å². The quantitative estimate of drug-likeness (QED) is 0.568. The maximum Gasteiger partial charge on any atom is 0.317 e. The van der Waals surface area contributed by atoms with Crippen LogP contribution in [0.15, 0.2) is 53.9 Å². The zero-order valence-corrected chi connectivity index (χ0v) is 19.3. The van der Waals surface area contributed by atoms with Crippen LogP contribution in [0.4, 0.5) is 10.5 Å². The molecule has 0 bridgehead atoms. The summed E-state index contributed by atoms with van der Waals surface area (Å²) in [4.78, 5) is 32.6. The predicted octanol–water partition coefficient (Wildman–Crippen LogP) is 4.40. The van der Waals surface area contributed by atoms with Gasteiger partial charge in [-0.05, 0) is 50.1 Å². The lowest BCUT2D eigenvalue weighted by atomic mass is 10.1. The largest absolute Gasteiger partial charge is 0.368 e. The predicted molar refractivity (Wildman–Crippen MR) is 130 cm³/mol. The molecule has 6 nitrogen and oxygen atoms in total. The average Bonchev–Trinajstić information content (AvgIpc) is 3.26. The number of aryl methyl sites for hydroxylation is 1. The molecular weight excluding hydrogens is 420 g/mol. The van der Waals surface area contributed by atoms with E-state index in [-0.39, 0.29) is 11.8 Å². The molecule has 1 fully saturated rings. The molecule has 2 heterocycles. The number of carbonyl (C=O) groups excluding carboxylic acids is 2. The van der Waals surface area contributed by atoms with E-state index >= 15 is 0 Å². The highest BCUT2D eigenvalue weighted by Gasteiger charge is 2.21. The van der Waals surface area contributed by atoms with Crippen molar-refractivity contribution in [3.63, 3.8) is 0 Å². The van der Waals surface area contributed by atoms with E-state index in [1.165, 1.54) is 5.56 Å². The Hall–Kier alpha value is -3.19. The number of anilines is 1. The molecule has 1 aliphatic heterocycles. The van der Waals surface area contributed by atoms with Crippen LogP contribution in [0.3, 0.4) is 0 Å². The summed E-state index contributed by atoms with van der Waals surface area (Å²) in [6.45, 7) is 7.13. The van der Waals surface area contributed by atoms with Crippen molar-refractivity contribution in [3.05, 3.63) is 70.0 Å². The first kappa shape index (κ1) is 22.0. The molecule has 2 amide bonds. The van der Waals surface area contributed by atoms with E-state index in [2.05, 4.69) is 44.8 Å². The minimum absolute atomic E-state index is 0.00820. The van der Waals surface area contributed by atoms with Crippen LogP contribution in [0.1, 0.15) is 27.9 Å². The number of hydrogen-bond donors (Lipinski definition) is 1. The zero-order chi connectivity index (χ0) is 22.5. The molecule has 32 heavy (non-hydrogen) atoms. The van der Waals surface area contributed by atoms with Gasteiger partial charge in [0.2, 0.25) is 0 Å². The molecule has 0 unspecified atom stereocenters. The van der Waals surface area contributed by atoms with Crippen LogP contribution >= 0.6 is 11.3 Å². The number of thiazole rings is 1. The van der Waals surface area contributed by atoms with Gasteiger partial charge in [0, 0.05) is 54.9 Å². The maximum atomic E-state index is 12.5. The Kier molecular flexibility index (Phi) is 6.85. The topological polar surface area (TPSA) is 65.5 Å². The lowest BCUT2D eigenvalue weighted by Gasteiger charge is -2.36. The van der Waals surface area contributed by atoms with Gasteiger partial charge in [0.25, 0.3) is 0 Å². The van der Waals surface area contributed by atoms with Crippen LogP contribution in [0, 0.1) is 6.92 Å². The second-order valence-corrected chi connectivity index (χ2v) is 9.07. The fraction of sp³-hybridized carbons (Fsp3) is 0.320. The van der Waals surface area contributed by atoms with Crippen LogP contribution in [0.25, 0.3) is 11.3 Å². The van der Waals surface area contributed by atoms with Gasteiger partial charge in [-0.1, -0.05) is 24.3 Å². The highest BCUT2D eigenvalue weighted by atomic mass is 32.1. The third-order valence-electron chi connectivity index (χ3n) is 5.76. The van der Waals surface area contributed by atoms with Crippen LogP contribution in [-0.4, -0.2) is 54.4 Å². The Labute approximate surface area is 192 Å². The van der Waals surface area contributed by atoms with Crippen LogP contribution in [-0.2, 0) is 6.42 Å². The van der Waals surface area contributed by atoms with Gasteiger partial charge < -0.3 is 15.1 Å². The van der Waals surface area contributed by atoms with E-state index in [4.69, 9.17) is 0 Å². The molecule has 4 rings (SSSR count). The highest BCUT2D eigenvalue weighted by molar-refractivity contribution is 7.09. The fourth-order valence-electron chi connectivity index (χ4n) is 3.84. The molecule has 2 aromatic carbocycles. The van der Waals surface area contributed by atoms with Crippen molar-refractivity contribution in [1.82, 2.24) is 15.2 Å². The molecule has 1 aromatic heterocycles. The minimum Gasteiger partial charge on any atom is -0.368 e. The van der Waals surface area contributed by atoms with E-state index < -0.39 is 0 Å². The normalized spacial score (nSPS) is 13.8. The van der Waals surface area contributed by atoms with E-state index in [0.717, 1.165) is 47.0 Å². The molecule has 3 aromatic rings. The Morgan fingerprint density at radius 3 is 2.28 bits per heavy atom. The van der Waals surface area contributed by atoms with Crippen molar-refractivity contribution in [2.45, 2.75) is 20.3 Å². The lowest BCUT2D eigenvalue weighted by molar-refractivity contribution is 0.101. The first-order chi connectivity index (χ1) is 15.5. The van der Waals surface area contributed by atoms with E-state index in [9.17, 15) is 9.59 Å². The molecule has 1 saturated heterocycles. The Balaban J connectivity index is 1.21. The fourth-order valence-corrected chi connectivity index (χ4v) is 4.46. The summed E-state index contributed by atoms with van der Waals surface area (Å²) >= 11 is 1.66. The maximum absolute atomic E-state index is 12.5. The van der Waals surface area contributed by atoms with Gasteiger partial charge in [-0.3, -0.25) is 4.79 Å². The summed E-state index contributed by atoms with van der Waals surface area (Å²) in [5.41, 5.74) is 5.14. The van der Waals surface area contributed by atoms with Crippen molar-refractivity contribution in [3.8, 4) is 11.3 Å². The molecule has 0 atom stereocenters. The molecule has 0 aliphatic carbocycles. The number of aromatic nitrogens is 1. The van der Waals surface area contributed by atoms with Gasteiger partial charge in [-0.2, -0.15) is 0 Å². The van der Waals surface area contributed by atoms with Crippen molar-refractivity contribution in [1.29, 1.82) is 0 Å².